The van der Waals surface area contributed by atoms with E-state index in [-0.39, 0.29) is 11.5 Å². The zero-order valence-electron chi connectivity index (χ0n) is 14.4. The van der Waals surface area contributed by atoms with Crippen molar-refractivity contribution in [1.82, 2.24) is 14.5 Å². The van der Waals surface area contributed by atoms with Crippen molar-refractivity contribution < 1.29 is 14.9 Å². The van der Waals surface area contributed by atoms with E-state index in [4.69, 9.17) is 4.74 Å². The van der Waals surface area contributed by atoms with Crippen molar-refractivity contribution in [2.75, 3.05) is 26.3 Å². The van der Waals surface area contributed by atoms with Gasteiger partial charge >= 0.3 is 0 Å². The molecule has 0 aliphatic carbocycles. The lowest BCUT2D eigenvalue weighted by Crippen LogP contribution is -2.35. The quantitative estimate of drug-likeness (QED) is 0.756. The summed E-state index contributed by atoms with van der Waals surface area (Å²) in [5.74, 6) is 0.654. The summed E-state index contributed by atoms with van der Waals surface area (Å²) in [6, 6.07) is 12.9. The summed E-state index contributed by atoms with van der Waals surface area (Å²) in [5.41, 5.74) is 2.80. The van der Waals surface area contributed by atoms with Gasteiger partial charge in [-0.05, 0) is 29.8 Å². The number of aromatic hydroxyl groups is 2. The van der Waals surface area contributed by atoms with E-state index >= 15 is 0 Å². The normalized spacial score (nSPS) is 15.2. The van der Waals surface area contributed by atoms with Crippen LogP contribution in [0.1, 0.15) is 5.56 Å². The van der Waals surface area contributed by atoms with Crippen LogP contribution >= 0.6 is 0 Å². The Morgan fingerprint density at radius 2 is 1.77 bits per heavy atom. The molecule has 0 atom stereocenters. The lowest BCUT2D eigenvalue weighted by atomic mass is 10.1. The number of phenols is 2. The fourth-order valence-electron chi connectivity index (χ4n) is 3.20. The molecular formula is C20H21N3O3. The van der Waals surface area contributed by atoms with Crippen molar-refractivity contribution >= 4 is 0 Å². The minimum atomic E-state index is 0.00128. The van der Waals surface area contributed by atoms with Crippen molar-refractivity contribution in [2.45, 2.75) is 6.54 Å². The molecule has 2 heterocycles. The molecule has 0 unspecified atom stereocenters. The summed E-state index contributed by atoms with van der Waals surface area (Å²) in [5, 5.41) is 19.6. The second-order valence-corrected chi connectivity index (χ2v) is 6.38. The molecule has 0 bridgehead atoms. The van der Waals surface area contributed by atoms with Crippen LogP contribution in [-0.4, -0.2) is 51.0 Å². The highest BCUT2D eigenvalue weighted by molar-refractivity contribution is 5.67. The smallest absolute Gasteiger partial charge is 0.148 e. The summed E-state index contributed by atoms with van der Waals surface area (Å²) < 4.78 is 7.31. The first-order chi connectivity index (χ1) is 12.7. The van der Waals surface area contributed by atoms with Gasteiger partial charge in [-0.25, -0.2) is 4.98 Å². The highest BCUT2D eigenvalue weighted by Crippen LogP contribution is 2.32. The van der Waals surface area contributed by atoms with Crippen molar-refractivity contribution in [1.29, 1.82) is 0 Å². The van der Waals surface area contributed by atoms with Gasteiger partial charge in [0.05, 0.1) is 18.8 Å². The number of benzene rings is 2. The Bertz CT molecular complexity index is 884. The number of hydrogen-bond acceptors (Lipinski definition) is 5. The zero-order chi connectivity index (χ0) is 17.9. The van der Waals surface area contributed by atoms with Crippen molar-refractivity contribution in [2.24, 2.45) is 0 Å². The van der Waals surface area contributed by atoms with Gasteiger partial charge < -0.3 is 14.9 Å². The maximum absolute atomic E-state index is 10.1. The monoisotopic (exact) mass is 351 g/mol. The summed E-state index contributed by atoms with van der Waals surface area (Å²) >= 11 is 0. The fourth-order valence-corrected chi connectivity index (χ4v) is 3.20. The topological polar surface area (TPSA) is 70.8 Å². The first-order valence-electron chi connectivity index (χ1n) is 8.66. The third kappa shape index (κ3) is 3.42. The molecule has 0 radical (unpaired) electrons. The highest BCUT2D eigenvalue weighted by atomic mass is 16.5. The number of morpholine rings is 1. The Morgan fingerprint density at radius 3 is 2.50 bits per heavy atom. The van der Waals surface area contributed by atoms with Gasteiger partial charge in [0.25, 0.3) is 0 Å². The van der Waals surface area contributed by atoms with Gasteiger partial charge in [0.15, 0.2) is 0 Å². The van der Waals surface area contributed by atoms with Gasteiger partial charge in [-0.1, -0.05) is 12.1 Å². The Hall–Kier alpha value is -2.83. The highest BCUT2D eigenvalue weighted by Gasteiger charge is 2.13. The van der Waals surface area contributed by atoms with E-state index in [1.807, 2.05) is 10.8 Å². The molecule has 1 aliphatic rings. The summed E-state index contributed by atoms with van der Waals surface area (Å²) in [6.07, 6.45) is 3.56. The zero-order valence-corrected chi connectivity index (χ0v) is 14.4. The molecule has 0 saturated carbocycles. The molecule has 3 aromatic rings. The van der Waals surface area contributed by atoms with Crippen LogP contribution in [-0.2, 0) is 11.3 Å². The Kier molecular flexibility index (Phi) is 4.60. The van der Waals surface area contributed by atoms with Crippen molar-refractivity contribution in [3.8, 4) is 28.6 Å². The molecule has 6 heteroatoms. The van der Waals surface area contributed by atoms with Crippen molar-refractivity contribution in [3.63, 3.8) is 0 Å². The average Bonchev–Trinajstić information content (AvgIpc) is 3.13. The number of imidazole rings is 1. The molecule has 2 aromatic carbocycles. The van der Waals surface area contributed by atoms with E-state index in [0.717, 1.165) is 38.5 Å². The maximum atomic E-state index is 10.1. The molecule has 0 amide bonds. The number of nitrogens with zero attached hydrogens (tertiary/aromatic N) is 3. The van der Waals surface area contributed by atoms with Gasteiger partial charge in [-0.2, -0.15) is 0 Å². The molecule has 4 rings (SSSR count). The van der Waals surface area contributed by atoms with Gasteiger partial charge in [0, 0.05) is 43.8 Å². The minimum Gasteiger partial charge on any atom is -0.508 e. The summed E-state index contributed by atoms with van der Waals surface area (Å²) in [4.78, 5) is 6.75. The Morgan fingerprint density at radius 1 is 1.00 bits per heavy atom. The standard InChI is InChI=1S/C20H21N3O3/c24-17-5-6-18(19(25)13-17)20-21-7-8-23(20)16-3-1-15(2-4-16)14-22-9-11-26-12-10-22/h1-8,13,24-25H,9-12,14H2. The fraction of sp³-hybridized carbons (Fsp3) is 0.250. The van der Waals surface area contributed by atoms with Crippen LogP contribution in [0.5, 0.6) is 11.5 Å². The number of phenolic OH excluding ortho intramolecular Hbond substituents is 2. The Labute approximate surface area is 151 Å². The van der Waals surface area contributed by atoms with E-state index < -0.39 is 0 Å². The predicted molar refractivity (Wildman–Crippen MR) is 98.4 cm³/mol. The largest absolute Gasteiger partial charge is 0.508 e. The van der Waals surface area contributed by atoms with Crippen LogP contribution in [0.2, 0.25) is 0 Å². The molecule has 1 fully saturated rings. The van der Waals surface area contributed by atoms with E-state index in [9.17, 15) is 10.2 Å². The third-order valence-electron chi connectivity index (χ3n) is 4.59. The molecule has 1 saturated heterocycles. The first kappa shape index (κ1) is 16.6. The van der Waals surface area contributed by atoms with E-state index in [2.05, 4.69) is 34.1 Å². The van der Waals surface area contributed by atoms with Crippen LogP contribution in [0.4, 0.5) is 0 Å². The Balaban J connectivity index is 1.57. The average molecular weight is 351 g/mol. The van der Waals surface area contributed by atoms with Crippen LogP contribution in [0.3, 0.4) is 0 Å². The molecular weight excluding hydrogens is 330 g/mol. The molecule has 6 nitrogen and oxygen atoms in total. The SMILES string of the molecule is Oc1ccc(-c2nccn2-c2ccc(CN3CCOCC3)cc2)c(O)c1. The number of aromatic nitrogens is 2. The van der Waals surface area contributed by atoms with Crippen LogP contribution in [0, 0.1) is 0 Å². The molecule has 1 aliphatic heterocycles. The van der Waals surface area contributed by atoms with Crippen LogP contribution in [0.25, 0.3) is 17.1 Å². The predicted octanol–water partition coefficient (Wildman–Crippen LogP) is 2.78. The summed E-state index contributed by atoms with van der Waals surface area (Å²) in [6.45, 7) is 4.44. The first-order valence-corrected chi connectivity index (χ1v) is 8.66. The minimum absolute atomic E-state index is 0.00128. The molecule has 2 N–H and O–H groups in total. The molecule has 26 heavy (non-hydrogen) atoms. The van der Waals surface area contributed by atoms with Crippen molar-refractivity contribution in [3.05, 3.63) is 60.4 Å². The maximum Gasteiger partial charge on any atom is 0.148 e. The summed E-state index contributed by atoms with van der Waals surface area (Å²) in [7, 11) is 0. The van der Waals surface area contributed by atoms with E-state index in [1.54, 1.807) is 18.3 Å². The van der Waals surface area contributed by atoms with Gasteiger partial charge in [0.2, 0.25) is 0 Å². The van der Waals surface area contributed by atoms with Gasteiger partial charge in [-0.3, -0.25) is 9.47 Å². The molecule has 134 valence electrons. The number of hydrogen-bond donors (Lipinski definition) is 2. The molecule has 0 spiro atoms. The molecule has 1 aromatic heterocycles. The lowest BCUT2D eigenvalue weighted by molar-refractivity contribution is 0.0342. The third-order valence-corrected chi connectivity index (χ3v) is 4.59. The van der Waals surface area contributed by atoms with Crippen LogP contribution < -0.4 is 0 Å². The van der Waals surface area contributed by atoms with Crippen LogP contribution in [0.15, 0.2) is 54.9 Å². The number of rotatable bonds is 4. The second kappa shape index (κ2) is 7.19. The van der Waals surface area contributed by atoms with Gasteiger partial charge in [-0.15, -0.1) is 0 Å². The lowest BCUT2D eigenvalue weighted by Gasteiger charge is -2.26. The van der Waals surface area contributed by atoms with Gasteiger partial charge in [0.1, 0.15) is 17.3 Å². The van der Waals surface area contributed by atoms with E-state index in [0.29, 0.717) is 11.4 Å². The number of ether oxygens (including phenoxy) is 1. The van der Waals surface area contributed by atoms with E-state index in [1.165, 1.54) is 11.6 Å². The second-order valence-electron chi connectivity index (χ2n) is 6.38.